The van der Waals surface area contributed by atoms with Gasteiger partial charge < -0.3 is 10.4 Å². The largest absolute Gasteiger partial charge is 0.391 e. The Bertz CT molecular complexity index is 594. The summed E-state index contributed by atoms with van der Waals surface area (Å²) in [6.45, 7) is 0.495. The minimum atomic E-state index is -0.332. The molecule has 4 nitrogen and oxygen atoms in total. The molecule has 1 saturated carbocycles. The van der Waals surface area contributed by atoms with Gasteiger partial charge >= 0.3 is 0 Å². The minimum Gasteiger partial charge on any atom is -0.391 e. The highest BCUT2D eigenvalue weighted by Crippen LogP contribution is 2.27. The number of aliphatic hydroxyl groups is 1. The molecule has 1 aromatic carbocycles. The van der Waals surface area contributed by atoms with Gasteiger partial charge in [-0.15, -0.1) is 10.2 Å². The van der Waals surface area contributed by atoms with Crippen LogP contribution >= 0.6 is 0 Å². The van der Waals surface area contributed by atoms with Crippen LogP contribution < -0.4 is 5.32 Å². The SMILES string of the molecule is OC(CNc1ccc(-c2ccc(F)cc2)nn1)C1CCCC1. The molecule has 0 amide bonds. The van der Waals surface area contributed by atoms with Crippen molar-refractivity contribution in [2.24, 2.45) is 5.92 Å². The molecule has 1 aliphatic rings. The van der Waals surface area contributed by atoms with E-state index in [0.717, 1.165) is 18.4 Å². The lowest BCUT2D eigenvalue weighted by atomic mass is 10.0. The smallest absolute Gasteiger partial charge is 0.148 e. The Kier molecular flexibility index (Phi) is 4.63. The maximum Gasteiger partial charge on any atom is 0.148 e. The summed E-state index contributed by atoms with van der Waals surface area (Å²) in [6.07, 6.45) is 4.32. The van der Waals surface area contributed by atoms with Crippen LogP contribution in [0.3, 0.4) is 0 Å². The van der Waals surface area contributed by atoms with E-state index in [9.17, 15) is 9.50 Å². The van der Waals surface area contributed by atoms with E-state index >= 15 is 0 Å². The molecule has 2 aromatic rings. The molecule has 1 unspecified atom stereocenters. The summed E-state index contributed by atoms with van der Waals surface area (Å²) < 4.78 is 12.9. The van der Waals surface area contributed by atoms with Crippen molar-refractivity contribution in [2.45, 2.75) is 31.8 Å². The van der Waals surface area contributed by atoms with Crippen molar-refractivity contribution in [2.75, 3.05) is 11.9 Å². The maximum atomic E-state index is 12.9. The molecule has 0 radical (unpaired) electrons. The van der Waals surface area contributed by atoms with Crippen molar-refractivity contribution in [3.05, 3.63) is 42.2 Å². The lowest BCUT2D eigenvalue weighted by Crippen LogP contribution is -2.27. The summed E-state index contributed by atoms with van der Waals surface area (Å²) in [6, 6.07) is 9.83. The van der Waals surface area contributed by atoms with Crippen LogP contribution in [0.15, 0.2) is 36.4 Å². The van der Waals surface area contributed by atoms with Gasteiger partial charge in [0.1, 0.15) is 11.6 Å². The van der Waals surface area contributed by atoms with Crippen LogP contribution in [-0.4, -0.2) is 28.0 Å². The van der Waals surface area contributed by atoms with Crippen LogP contribution in [0.5, 0.6) is 0 Å². The van der Waals surface area contributed by atoms with Gasteiger partial charge in [-0.05, 0) is 55.2 Å². The van der Waals surface area contributed by atoms with Crippen LogP contribution in [0.1, 0.15) is 25.7 Å². The lowest BCUT2D eigenvalue weighted by molar-refractivity contribution is 0.122. The fraction of sp³-hybridized carbons (Fsp3) is 0.412. The fourth-order valence-corrected chi connectivity index (χ4v) is 2.92. The first-order valence-corrected chi connectivity index (χ1v) is 7.74. The van der Waals surface area contributed by atoms with Crippen molar-refractivity contribution < 1.29 is 9.50 Å². The fourth-order valence-electron chi connectivity index (χ4n) is 2.92. The molecule has 1 aromatic heterocycles. The second kappa shape index (κ2) is 6.83. The molecular weight excluding hydrogens is 281 g/mol. The van der Waals surface area contributed by atoms with E-state index in [4.69, 9.17) is 0 Å². The molecule has 2 N–H and O–H groups in total. The second-order valence-electron chi connectivity index (χ2n) is 5.80. The Balaban J connectivity index is 1.58. The predicted molar refractivity (Wildman–Crippen MR) is 83.9 cm³/mol. The van der Waals surface area contributed by atoms with E-state index in [-0.39, 0.29) is 11.9 Å². The topological polar surface area (TPSA) is 58.0 Å². The first-order valence-electron chi connectivity index (χ1n) is 7.74. The molecule has 3 rings (SSSR count). The first-order chi connectivity index (χ1) is 10.7. The molecular formula is C17H20FN3O. The number of aliphatic hydroxyl groups excluding tert-OH is 1. The highest BCUT2D eigenvalue weighted by atomic mass is 19.1. The Hall–Kier alpha value is -2.01. The van der Waals surface area contributed by atoms with E-state index in [1.54, 1.807) is 12.1 Å². The zero-order valence-electron chi connectivity index (χ0n) is 12.4. The molecule has 116 valence electrons. The first kappa shape index (κ1) is 14.9. The van der Waals surface area contributed by atoms with Gasteiger partial charge in [0.2, 0.25) is 0 Å². The van der Waals surface area contributed by atoms with Gasteiger partial charge in [-0.2, -0.15) is 0 Å². The standard InChI is InChI=1S/C17H20FN3O/c18-14-7-5-12(6-8-14)15-9-10-17(21-20-15)19-11-16(22)13-3-1-2-4-13/h5-10,13,16,22H,1-4,11H2,(H,19,21). The van der Waals surface area contributed by atoms with Crippen molar-refractivity contribution in [1.82, 2.24) is 10.2 Å². The van der Waals surface area contributed by atoms with E-state index < -0.39 is 0 Å². The second-order valence-corrected chi connectivity index (χ2v) is 5.80. The van der Waals surface area contributed by atoms with Gasteiger partial charge in [-0.1, -0.05) is 12.8 Å². The summed E-state index contributed by atoms with van der Waals surface area (Å²) in [7, 11) is 0. The molecule has 0 spiro atoms. The van der Waals surface area contributed by atoms with E-state index in [1.165, 1.54) is 25.0 Å². The molecule has 0 aliphatic heterocycles. The van der Waals surface area contributed by atoms with Gasteiger partial charge in [0, 0.05) is 12.1 Å². The highest BCUT2D eigenvalue weighted by Gasteiger charge is 2.22. The number of halogens is 1. The van der Waals surface area contributed by atoms with Crippen LogP contribution in [0.4, 0.5) is 10.2 Å². The summed E-state index contributed by atoms with van der Waals surface area (Å²) in [5.41, 5.74) is 1.52. The zero-order chi connectivity index (χ0) is 15.4. The Morgan fingerprint density at radius 1 is 1.09 bits per heavy atom. The third-order valence-corrected chi connectivity index (χ3v) is 4.24. The number of aromatic nitrogens is 2. The summed E-state index contributed by atoms with van der Waals surface area (Å²) in [5, 5.41) is 21.5. The highest BCUT2D eigenvalue weighted by molar-refractivity contribution is 5.59. The van der Waals surface area contributed by atoms with Gasteiger partial charge in [0.25, 0.3) is 0 Å². The van der Waals surface area contributed by atoms with Crippen molar-refractivity contribution in [3.63, 3.8) is 0 Å². The summed E-state index contributed by atoms with van der Waals surface area (Å²) in [5.74, 6) is 0.776. The Morgan fingerprint density at radius 3 is 2.45 bits per heavy atom. The third-order valence-electron chi connectivity index (χ3n) is 4.24. The van der Waals surface area contributed by atoms with E-state index in [0.29, 0.717) is 24.0 Å². The molecule has 1 fully saturated rings. The number of rotatable bonds is 5. The van der Waals surface area contributed by atoms with Crippen molar-refractivity contribution in [3.8, 4) is 11.3 Å². The average Bonchev–Trinajstić information content (AvgIpc) is 3.08. The normalized spacial score (nSPS) is 16.6. The monoisotopic (exact) mass is 301 g/mol. The molecule has 1 atom stereocenters. The lowest BCUT2D eigenvalue weighted by Gasteiger charge is -2.18. The van der Waals surface area contributed by atoms with Crippen LogP contribution in [0.25, 0.3) is 11.3 Å². The minimum absolute atomic E-state index is 0.268. The van der Waals surface area contributed by atoms with Crippen LogP contribution in [0, 0.1) is 11.7 Å². The molecule has 1 heterocycles. The van der Waals surface area contributed by atoms with Gasteiger partial charge in [-0.25, -0.2) is 4.39 Å². The number of hydrogen-bond acceptors (Lipinski definition) is 4. The molecule has 0 bridgehead atoms. The maximum absolute atomic E-state index is 12.9. The number of benzene rings is 1. The van der Waals surface area contributed by atoms with Crippen molar-refractivity contribution in [1.29, 1.82) is 0 Å². The predicted octanol–water partition coefficient (Wildman–Crippen LogP) is 3.25. The summed E-state index contributed by atoms with van der Waals surface area (Å²) in [4.78, 5) is 0. The number of nitrogens with one attached hydrogen (secondary N) is 1. The van der Waals surface area contributed by atoms with Crippen LogP contribution in [0.2, 0.25) is 0 Å². The Morgan fingerprint density at radius 2 is 1.82 bits per heavy atom. The average molecular weight is 301 g/mol. The van der Waals surface area contributed by atoms with Gasteiger partial charge in [-0.3, -0.25) is 0 Å². The quantitative estimate of drug-likeness (QED) is 0.890. The number of anilines is 1. The van der Waals surface area contributed by atoms with Crippen LogP contribution in [-0.2, 0) is 0 Å². The van der Waals surface area contributed by atoms with Gasteiger partial charge in [0.15, 0.2) is 0 Å². The molecule has 1 aliphatic carbocycles. The summed E-state index contributed by atoms with van der Waals surface area (Å²) >= 11 is 0. The molecule has 0 saturated heterocycles. The van der Waals surface area contributed by atoms with Gasteiger partial charge in [0.05, 0.1) is 11.8 Å². The molecule has 5 heteroatoms. The third kappa shape index (κ3) is 3.60. The number of hydrogen-bond donors (Lipinski definition) is 2. The Labute approximate surface area is 129 Å². The zero-order valence-corrected chi connectivity index (χ0v) is 12.4. The van der Waals surface area contributed by atoms with Crippen molar-refractivity contribution >= 4 is 5.82 Å². The van der Waals surface area contributed by atoms with E-state index in [2.05, 4.69) is 15.5 Å². The van der Waals surface area contributed by atoms with E-state index in [1.807, 2.05) is 12.1 Å². The molecule has 22 heavy (non-hydrogen) atoms. The number of nitrogens with zero attached hydrogens (tertiary/aromatic N) is 2.